The summed E-state index contributed by atoms with van der Waals surface area (Å²) in [5.41, 5.74) is 10.3. The van der Waals surface area contributed by atoms with Gasteiger partial charge in [-0.3, -0.25) is 5.43 Å². The van der Waals surface area contributed by atoms with Gasteiger partial charge in [0, 0.05) is 10.9 Å². The number of nitrogens with zero attached hydrogens (tertiary/aromatic N) is 2. The van der Waals surface area contributed by atoms with E-state index in [0.717, 1.165) is 22.6 Å². The quantitative estimate of drug-likeness (QED) is 0.499. The van der Waals surface area contributed by atoms with Crippen molar-refractivity contribution in [2.24, 2.45) is 5.10 Å². The van der Waals surface area contributed by atoms with Crippen molar-refractivity contribution in [3.05, 3.63) is 65.0 Å². The Morgan fingerprint density at radius 1 is 1.24 bits per heavy atom. The zero-order chi connectivity index (χ0) is 17.5. The number of nitrogens with one attached hydrogen (secondary N) is 1. The Morgan fingerprint density at radius 2 is 2.08 bits per heavy atom. The van der Waals surface area contributed by atoms with Crippen LogP contribution in [0.15, 0.2) is 59.0 Å². The first-order valence-corrected chi connectivity index (χ1v) is 8.47. The average molecular weight is 354 g/mol. The maximum Gasteiger partial charge on any atom is 0.205 e. The maximum absolute atomic E-state index is 5.80. The summed E-state index contributed by atoms with van der Waals surface area (Å²) in [6.07, 6.45) is 1.71. The number of benzene rings is 2. The van der Waals surface area contributed by atoms with Crippen LogP contribution >= 0.6 is 11.3 Å². The molecule has 3 rings (SSSR count). The predicted molar refractivity (Wildman–Crippen MR) is 102 cm³/mol. The van der Waals surface area contributed by atoms with E-state index in [0.29, 0.717) is 17.6 Å². The molecule has 1 aromatic heterocycles. The summed E-state index contributed by atoms with van der Waals surface area (Å²) in [5, 5.41) is 6.58. The Hall–Kier alpha value is -3.06. The van der Waals surface area contributed by atoms with Gasteiger partial charge in [-0.1, -0.05) is 18.2 Å². The Balaban J connectivity index is 1.68. The van der Waals surface area contributed by atoms with E-state index >= 15 is 0 Å². The molecule has 0 radical (unpaired) electrons. The number of para-hydroxylation sites is 1. The first-order valence-electron chi connectivity index (χ1n) is 7.59. The van der Waals surface area contributed by atoms with E-state index in [1.54, 1.807) is 18.7 Å². The number of nitrogen functional groups attached to an aromatic ring is 1. The lowest BCUT2D eigenvalue weighted by Gasteiger charge is -2.11. The minimum Gasteiger partial charge on any atom is -0.496 e. The molecule has 0 fully saturated rings. The van der Waals surface area contributed by atoms with Gasteiger partial charge in [0.1, 0.15) is 23.9 Å². The predicted octanol–water partition coefficient (Wildman–Crippen LogP) is 3.76. The van der Waals surface area contributed by atoms with Gasteiger partial charge in [0.2, 0.25) is 5.13 Å². The summed E-state index contributed by atoms with van der Waals surface area (Å²) in [6.45, 7) is 0.408. The van der Waals surface area contributed by atoms with E-state index in [-0.39, 0.29) is 0 Å². The largest absolute Gasteiger partial charge is 0.496 e. The van der Waals surface area contributed by atoms with Crippen LogP contribution in [0.4, 0.5) is 10.9 Å². The maximum atomic E-state index is 5.80. The number of hydrazone groups is 1. The molecule has 128 valence electrons. The number of methoxy groups -OCH3 is 1. The molecule has 0 amide bonds. The van der Waals surface area contributed by atoms with Crippen LogP contribution in [-0.4, -0.2) is 18.3 Å². The highest BCUT2D eigenvalue weighted by Crippen LogP contribution is 2.22. The molecule has 0 unspecified atom stereocenters. The fourth-order valence-corrected chi connectivity index (χ4v) is 2.72. The van der Waals surface area contributed by atoms with E-state index in [4.69, 9.17) is 15.2 Å². The first kappa shape index (κ1) is 16.8. The third-order valence-electron chi connectivity index (χ3n) is 3.34. The molecule has 2 aromatic carbocycles. The van der Waals surface area contributed by atoms with Crippen LogP contribution < -0.4 is 20.6 Å². The van der Waals surface area contributed by atoms with E-state index in [2.05, 4.69) is 15.5 Å². The van der Waals surface area contributed by atoms with Crippen molar-refractivity contribution in [1.29, 1.82) is 0 Å². The molecular formula is C18H18N4O2S. The van der Waals surface area contributed by atoms with Crippen molar-refractivity contribution in [2.75, 3.05) is 18.3 Å². The molecule has 0 saturated carbocycles. The average Bonchev–Trinajstić information content (AvgIpc) is 3.06. The van der Waals surface area contributed by atoms with Gasteiger partial charge in [0.25, 0.3) is 0 Å². The lowest BCUT2D eigenvalue weighted by molar-refractivity contribution is 0.296. The van der Waals surface area contributed by atoms with E-state index < -0.39 is 0 Å². The topological polar surface area (TPSA) is 81.8 Å². The summed E-state index contributed by atoms with van der Waals surface area (Å²) < 4.78 is 11.2. The molecule has 3 N–H and O–H groups in total. The number of aromatic nitrogens is 1. The Morgan fingerprint density at radius 3 is 2.80 bits per heavy atom. The zero-order valence-corrected chi connectivity index (χ0v) is 14.5. The second-order valence-electron chi connectivity index (χ2n) is 5.12. The highest BCUT2D eigenvalue weighted by Gasteiger charge is 2.05. The number of anilines is 2. The number of hydrogen-bond donors (Lipinski definition) is 2. The summed E-state index contributed by atoms with van der Waals surface area (Å²) in [7, 11) is 1.64. The lowest BCUT2D eigenvalue weighted by Crippen LogP contribution is -2.00. The van der Waals surface area contributed by atoms with Crippen molar-refractivity contribution < 1.29 is 9.47 Å². The minimum atomic E-state index is 0.408. The Labute approximate surface area is 149 Å². The number of thiazole rings is 1. The second-order valence-corrected chi connectivity index (χ2v) is 5.98. The number of nitrogens with two attached hydrogens (primary N) is 1. The van der Waals surface area contributed by atoms with Crippen LogP contribution in [0, 0.1) is 0 Å². The molecule has 0 aliphatic rings. The zero-order valence-electron chi connectivity index (χ0n) is 13.7. The molecule has 0 aliphatic heterocycles. The molecule has 25 heavy (non-hydrogen) atoms. The fraction of sp³-hybridized carbons (Fsp3) is 0.111. The monoisotopic (exact) mass is 354 g/mol. The lowest BCUT2D eigenvalue weighted by atomic mass is 10.1. The van der Waals surface area contributed by atoms with Crippen molar-refractivity contribution in [2.45, 2.75) is 6.61 Å². The molecule has 1 heterocycles. The van der Waals surface area contributed by atoms with Crippen LogP contribution in [0.1, 0.15) is 11.1 Å². The van der Waals surface area contributed by atoms with Crippen LogP contribution in [0.5, 0.6) is 11.5 Å². The molecule has 0 aliphatic carbocycles. The SMILES string of the molecule is COc1ccc(C=NNc2nc(N)cs2)cc1COc1ccccc1. The van der Waals surface area contributed by atoms with Gasteiger partial charge in [-0.05, 0) is 35.9 Å². The molecule has 0 saturated heterocycles. The summed E-state index contributed by atoms with van der Waals surface area (Å²) in [5.74, 6) is 2.06. The third-order valence-corrected chi connectivity index (χ3v) is 4.10. The summed E-state index contributed by atoms with van der Waals surface area (Å²) in [6, 6.07) is 15.5. The molecule has 0 spiro atoms. The Kier molecular flexibility index (Phi) is 5.48. The molecule has 0 bridgehead atoms. The minimum absolute atomic E-state index is 0.408. The van der Waals surface area contributed by atoms with Crippen LogP contribution in [0.3, 0.4) is 0 Å². The van der Waals surface area contributed by atoms with Gasteiger partial charge in [0.15, 0.2) is 0 Å². The van der Waals surface area contributed by atoms with Gasteiger partial charge < -0.3 is 15.2 Å². The van der Waals surface area contributed by atoms with Gasteiger partial charge >= 0.3 is 0 Å². The summed E-state index contributed by atoms with van der Waals surface area (Å²) in [4.78, 5) is 4.08. The number of rotatable bonds is 7. The fourth-order valence-electron chi connectivity index (χ4n) is 2.17. The first-order chi connectivity index (χ1) is 12.2. The Bertz CT molecular complexity index is 849. The van der Waals surface area contributed by atoms with Gasteiger partial charge in [-0.15, -0.1) is 11.3 Å². The van der Waals surface area contributed by atoms with E-state index in [1.165, 1.54) is 11.3 Å². The van der Waals surface area contributed by atoms with Crippen molar-refractivity contribution in [3.63, 3.8) is 0 Å². The van der Waals surface area contributed by atoms with Crippen molar-refractivity contribution in [1.82, 2.24) is 4.98 Å². The van der Waals surface area contributed by atoms with Gasteiger partial charge in [-0.25, -0.2) is 4.98 Å². The standard InChI is InChI=1S/C18H18N4O2S/c1-23-16-8-7-13(10-20-22-18-21-17(19)12-25-18)9-14(16)11-24-15-5-3-2-4-6-15/h2-10,12H,11,19H2,1H3,(H,21,22). The van der Waals surface area contributed by atoms with Crippen molar-refractivity contribution in [3.8, 4) is 11.5 Å². The van der Waals surface area contributed by atoms with Gasteiger partial charge in [-0.2, -0.15) is 5.10 Å². The molecule has 3 aromatic rings. The third kappa shape index (κ3) is 4.71. The molecule has 0 atom stereocenters. The second kappa shape index (κ2) is 8.16. The van der Waals surface area contributed by atoms with Crippen molar-refractivity contribution >= 4 is 28.5 Å². The van der Waals surface area contributed by atoms with Crippen LogP contribution in [0.2, 0.25) is 0 Å². The van der Waals surface area contributed by atoms with E-state index in [9.17, 15) is 0 Å². The molecule has 7 heteroatoms. The summed E-state index contributed by atoms with van der Waals surface area (Å²) >= 11 is 1.40. The molecule has 6 nitrogen and oxygen atoms in total. The van der Waals surface area contributed by atoms with Crippen LogP contribution in [0.25, 0.3) is 0 Å². The van der Waals surface area contributed by atoms with Gasteiger partial charge in [0.05, 0.1) is 13.3 Å². The number of hydrogen-bond acceptors (Lipinski definition) is 7. The number of ether oxygens (including phenoxy) is 2. The highest BCUT2D eigenvalue weighted by molar-refractivity contribution is 7.14. The molecular weight excluding hydrogens is 336 g/mol. The highest BCUT2D eigenvalue weighted by atomic mass is 32.1. The smallest absolute Gasteiger partial charge is 0.205 e. The normalized spacial score (nSPS) is 10.8. The van der Waals surface area contributed by atoms with E-state index in [1.807, 2.05) is 48.5 Å². The van der Waals surface area contributed by atoms with Crippen LogP contribution in [-0.2, 0) is 6.61 Å².